The Balaban J connectivity index is 1.46. The van der Waals surface area contributed by atoms with Gasteiger partial charge in [-0.25, -0.2) is 0 Å². The van der Waals surface area contributed by atoms with Gasteiger partial charge in [0.05, 0.1) is 1.37 Å². The molecule has 8 aromatic carbocycles. The second kappa shape index (κ2) is 8.55. The zero-order valence-corrected chi connectivity index (χ0v) is 22.2. The molecular weight excluding hydrogens is 496 g/mol. The largest absolute Gasteiger partial charge is 0.456 e. The molecule has 1 nitrogen and oxygen atoms in total. The summed E-state index contributed by atoms with van der Waals surface area (Å²) in [7, 11) is 0. The third-order valence-corrected chi connectivity index (χ3v) is 8.54. The zero-order valence-electron chi connectivity index (χ0n) is 23.2. The van der Waals surface area contributed by atoms with Crippen LogP contribution in [-0.2, 0) is 0 Å². The van der Waals surface area contributed by atoms with Gasteiger partial charge in [0.15, 0.2) is 0 Å². The van der Waals surface area contributed by atoms with Crippen LogP contribution in [0.5, 0.6) is 0 Å². The minimum Gasteiger partial charge on any atom is -0.456 e. The van der Waals surface area contributed by atoms with Gasteiger partial charge in [0.1, 0.15) is 11.2 Å². The summed E-state index contributed by atoms with van der Waals surface area (Å²) in [6.07, 6.45) is 0. The van der Waals surface area contributed by atoms with Crippen LogP contribution in [0.25, 0.3) is 87.3 Å². The molecule has 0 fully saturated rings. The highest BCUT2D eigenvalue weighted by atomic mass is 16.3. The van der Waals surface area contributed by atoms with E-state index < -0.39 is 0 Å². The molecule has 0 radical (unpaired) electrons. The molecule has 0 atom stereocenters. The fraction of sp³-hybridized carbons (Fsp3) is 0. The molecule has 0 amide bonds. The Morgan fingerprint density at radius 3 is 1.61 bits per heavy atom. The van der Waals surface area contributed by atoms with Crippen molar-refractivity contribution in [3.63, 3.8) is 0 Å². The van der Waals surface area contributed by atoms with Crippen molar-refractivity contribution in [3.05, 3.63) is 146 Å². The van der Waals surface area contributed by atoms with E-state index in [1.54, 1.807) is 0 Å². The third-order valence-electron chi connectivity index (χ3n) is 8.54. The van der Waals surface area contributed by atoms with Crippen LogP contribution in [0.15, 0.2) is 150 Å². The van der Waals surface area contributed by atoms with Crippen molar-refractivity contribution in [2.75, 3.05) is 0 Å². The average molecular weight is 522 g/mol. The SMILES string of the molecule is [2H]c1ccc(-c2c3ccccc3c(-c3cccc4oc5cc6ccccc6cc5c34)c3ccccc23)c2ccccc12. The lowest BCUT2D eigenvalue weighted by atomic mass is 9.84. The molecule has 0 aliphatic heterocycles. The van der Waals surface area contributed by atoms with Gasteiger partial charge < -0.3 is 4.42 Å². The highest BCUT2D eigenvalue weighted by Gasteiger charge is 2.21. The van der Waals surface area contributed by atoms with Gasteiger partial charge in [-0.05, 0) is 83.5 Å². The quantitative estimate of drug-likeness (QED) is 0.206. The Morgan fingerprint density at radius 1 is 0.390 bits per heavy atom. The number of benzene rings is 8. The summed E-state index contributed by atoms with van der Waals surface area (Å²) in [6.45, 7) is 0. The summed E-state index contributed by atoms with van der Waals surface area (Å²) >= 11 is 0. The second-order valence-corrected chi connectivity index (χ2v) is 10.8. The van der Waals surface area contributed by atoms with Gasteiger partial charge in [0.25, 0.3) is 0 Å². The third kappa shape index (κ3) is 3.24. The van der Waals surface area contributed by atoms with Crippen LogP contribution < -0.4 is 0 Å². The fourth-order valence-corrected chi connectivity index (χ4v) is 6.80. The minimum absolute atomic E-state index is 0.547. The van der Waals surface area contributed by atoms with E-state index in [0.717, 1.165) is 38.3 Å². The van der Waals surface area contributed by atoms with E-state index in [4.69, 9.17) is 5.79 Å². The molecule has 41 heavy (non-hydrogen) atoms. The predicted molar refractivity (Wildman–Crippen MR) is 175 cm³/mol. The maximum absolute atomic E-state index is 8.56. The first-order chi connectivity index (χ1) is 20.8. The molecule has 190 valence electrons. The maximum Gasteiger partial charge on any atom is 0.136 e. The average Bonchev–Trinajstić information content (AvgIpc) is 3.41. The highest BCUT2D eigenvalue weighted by Crippen LogP contribution is 2.48. The lowest BCUT2D eigenvalue weighted by Gasteiger charge is -2.19. The first-order valence-corrected chi connectivity index (χ1v) is 14.0. The van der Waals surface area contributed by atoms with Crippen molar-refractivity contribution in [2.24, 2.45) is 0 Å². The summed E-state index contributed by atoms with van der Waals surface area (Å²) in [4.78, 5) is 0. The summed E-state index contributed by atoms with van der Waals surface area (Å²) in [5.41, 5.74) is 6.55. The smallest absolute Gasteiger partial charge is 0.136 e. The van der Waals surface area contributed by atoms with Gasteiger partial charge in [-0.2, -0.15) is 0 Å². The van der Waals surface area contributed by atoms with Gasteiger partial charge in [-0.1, -0.05) is 127 Å². The van der Waals surface area contributed by atoms with E-state index in [1.165, 1.54) is 49.0 Å². The molecule has 1 heterocycles. The van der Waals surface area contributed by atoms with E-state index in [1.807, 2.05) is 18.2 Å². The van der Waals surface area contributed by atoms with Crippen LogP contribution in [0.1, 0.15) is 1.37 Å². The number of fused-ring (bicyclic) bond motifs is 7. The van der Waals surface area contributed by atoms with Crippen LogP contribution in [-0.4, -0.2) is 0 Å². The summed E-state index contributed by atoms with van der Waals surface area (Å²) in [5.74, 6) is 0. The van der Waals surface area contributed by atoms with Crippen molar-refractivity contribution in [2.45, 2.75) is 0 Å². The first kappa shape index (κ1) is 21.4. The number of rotatable bonds is 2. The Morgan fingerprint density at radius 2 is 0.927 bits per heavy atom. The molecular formula is C40H24O. The number of hydrogen-bond donors (Lipinski definition) is 0. The molecule has 1 aromatic heterocycles. The zero-order chi connectivity index (χ0) is 27.8. The summed E-state index contributed by atoms with van der Waals surface area (Å²) in [6, 6.07) is 49.7. The molecule has 0 saturated heterocycles. The van der Waals surface area contributed by atoms with Crippen LogP contribution >= 0.6 is 0 Å². The molecule has 0 aliphatic carbocycles. The first-order valence-electron chi connectivity index (χ1n) is 14.5. The molecule has 0 spiro atoms. The Labute approximate surface area is 238 Å². The topological polar surface area (TPSA) is 13.1 Å². The Hall–Kier alpha value is -5.40. The van der Waals surface area contributed by atoms with Crippen molar-refractivity contribution in [1.29, 1.82) is 0 Å². The standard InChI is InChI=1S/C40H24O/c1-2-13-27-24-37-35(23-26(27)12-1)40-34(21-10-22-36(40)41-37)39-32-18-7-5-16-30(32)38(31-17-6-8-19-33(31)39)29-20-9-14-25-11-3-4-15-28(25)29/h1-24H/i14D. The predicted octanol–water partition coefficient (Wildman–Crippen LogP) is 11.5. The Kier molecular flexibility index (Phi) is 4.47. The molecule has 9 aromatic rings. The van der Waals surface area contributed by atoms with E-state index in [9.17, 15) is 0 Å². The van der Waals surface area contributed by atoms with Crippen molar-refractivity contribution in [3.8, 4) is 22.3 Å². The summed E-state index contributed by atoms with van der Waals surface area (Å²) < 4.78 is 15.0. The van der Waals surface area contributed by atoms with Crippen LogP contribution in [0.2, 0.25) is 0 Å². The summed E-state index contributed by atoms with van der Waals surface area (Å²) in [5, 5.41) is 11.5. The normalized spacial score (nSPS) is 12.2. The lowest BCUT2D eigenvalue weighted by molar-refractivity contribution is 0.669. The van der Waals surface area contributed by atoms with Crippen LogP contribution in [0, 0.1) is 0 Å². The van der Waals surface area contributed by atoms with Crippen molar-refractivity contribution >= 4 is 65.0 Å². The van der Waals surface area contributed by atoms with E-state index in [2.05, 4.69) is 121 Å². The van der Waals surface area contributed by atoms with Gasteiger partial charge in [0.2, 0.25) is 0 Å². The van der Waals surface area contributed by atoms with E-state index in [-0.39, 0.29) is 0 Å². The molecule has 0 bridgehead atoms. The lowest BCUT2D eigenvalue weighted by Crippen LogP contribution is -1.92. The highest BCUT2D eigenvalue weighted by molar-refractivity contribution is 6.27. The molecule has 0 unspecified atom stereocenters. The van der Waals surface area contributed by atoms with Gasteiger partial charge >= 0.3 is 0 Å². The fourth-order valence-electron chi connectivity index (χ4n) is 6.80. The molecule has 9 rings (SSSR count). The number of furan rings is 1. The molecule has 0 aliphatic rings. The Bertz CT molecular complexity index is 2480. The van der Waals surface area contributed by atoms with Crippen LogP contribution in [0.3, 0.4) is 0 Å². The number of hydrogen-bond acceptors (Lipinski definition) is 1. The molecule has 0 N–H and O–H groups in total. The second-order valence-electron chi connectivity index (χ2n) is 10.8. The van der Waals surface area contributed by atoms with Gasteiger partial charge in [0, 0.05) is 10.8 Å². The molecule has 1 heteroatoms. The van der Waals surface area contributed by atoms with Gasteiger partial charge in [-0.3, -0.25) is 0 Å². The van der Waals surface area contributed by atoms with Gasteiger partial charge in [-0.15, -0.1) is 0 Å². The molecule has 0 saturated carbocycles. The van der Waals surface area contributed by atoms with E-state index >= 15 is 0 Å². The van der Waals surface area contributed by atoms with Crippen LogP contribution in [0.4, 0.5) is 0 Å². The monoisotopic (exact) mass is 521 g/mol. The van der Waals surface area contributed by atoms with E-state index in [0.29, 0.717) is 6.04 Å². The van der Waals surface area contributed by atoms with Crippen molar-refractivity contribution in [1.82, 2.24) is 0 Å². The maximum atomic E-state index is 8.56. The minimum atomic E-state index is 0.547. The van der Waals surface area contributed by atoms with Crippen molar-refractivity contribution < 1.29 is 5.79 Å².